The van der Waals surface area contributed by atoms with Crippen LogP contribution >= 0.6 is 11.3 Å². The van der Waals surface area contributed by atoms with Gasteiger partial charge >= 0.3 is 0 Å². The van der Waals surface area contributed by atoms with Crippen molar-refractivity contribution in [3.8, 4) is 0 Å². The summed E-state index contributed by atoms with van der Waals surface area (Å²) in [4.78, 5) is 6.55. The van der Waals surface area contributed by atoms with Gasteiger partial charge in [-0.1, -0.05) is 6.92 Å². The molecule has 1 aliphatic carbocycles. The first-order chi connectivity index (χ1) is 9.61. The minimum atomic E-state index is -0.0204. The molecule has 0 spiro atoms. The van der Waals surface area contributed by atoms with Crippen LogP contribution < -0.4 is 5.32 Å². The smallest absolute Gasteiger partial charge is 0.113 e. The number of thiazole rings is 1. The van der Waals surface area contributed by atoms with Gasteiger partial charge in [0, 0.05) is 17.9 Å². The summed E-state index contributed by atoms with van der Waals surface area (Å²) < 4.78 is 6.03. The Morgan fingerprint density at radius 1 is 1.35 bits per heavy atom. The van der Waals surface area contributed by atoms with Gasteiger partial charge in [-0.3, -0.25) is 0 Å². The lowest BCUT2D eigenvalue weighted by molar-refractivity contribution is -0.102. The van der Waals surface area contributed by atoms with Crippen LogP contribution in [0.2, 0.25) is 0 Å². The molecule has 0 amide bonds. The minimum absolute atomic E-state index is 0.0189. The van der Waals surface area contributed by atoms with E-state index in [9.17, 15) is 0 Å². The minimum Gasteiger partial charge on any atom is -0.375 e. The van der Waals surface area contributed by atoms with E-state index < -0.39 is 0 Å². The maximum Gasteiger partial charge on any atom is 0.113 e. The Bertz CT molecular complexity index is 463. The predicted octanol–water partition coefficient (Wildman–Crippen LogP) is 3.42. The lowest BCUT2D eigenvalue weighted by Gasteiger charge is -2.45. The van der Waals surface area contributed by atoms with Gasteiger partial charge in [-0.2, -0.15) is 0 Å². The van der Waals surface area contributed by atoms with E-state index in [0.717, 1.165) is 25.9 Å². The first kappa shape index (κ1) is 14.5. The summed E-state index contributed by atoms with van der Waals surface area (Å²) in [5.74, 6) is 0. The molecule has 2 unspecified atom stereocenters. The summed E-state index contributed by atoms with van der Waals surface area (Å²) in [7, 11) is 2.09. The normalized spacial score (nSPS) is 34.0. The number of aromatic nitrogens is 1. The van der Waals surface area contributed by atoms with E-state index in [1.54, 1.807) is 0 Å². The van der Waals surface area contributed by atoms with Gasteiger partial charge in [-0.15, -0.1) is 11.3 Å². The zero-order valence-corrected chi connectivity index (χ0v) is 13.7. The Balaban J connectivity index is 1.94. The maximum absolute atomic E-state index is 6.03. The summed E-state index contributed by atoms with van der Waals surface area (Å²) >= 11 is 1.95. The van der Waals surface area contributed by atoms with Crippen LogP contribution in [0.5, 0.6) is 0 Å². The Labute approximate surface area is 126 Å². The van der Waals surface area contributed by atoms with E-state index in [2.05, 4.69) is 26.2 Å². The fourth-order valence-electron chi connectivity index (χ4n) is 3.54. The molecule has 3 nitrogen and oxygen atoms in total. The molecule has 1 fully saturated rings. The van der Waals surface area contributed by atoms with Crippen molar-refractivity contribution in [1.29, 1.82) is 0 Å². The highest BCUT2D eigenvalue weighted by atomic mass is 32.1. The molecule has 2 atom stereocenters. The third-order valence-electron chi connectivity index (χ3n) is 5.14. The highest BCUT2D eigenvalue weighted by Gasteiger charge is 2.44. The lowest BCUT2D eigenvalue weighted by Crippen LogP contribution is -2.52. The molecule has 1 aromatic rings. The molecule has 0 aromatic carbocycles. The summed E-state index contributed by atoms with van der Waals surface area (Å²) in [6, 6.07) is 0. The number of fused-ring (bicyclic) bond motifs is 1. The molecule has 0 radical (unpaired) electrons. The van der Waals surface area contributed by atoms with E-state index >= 15 is 0 Å². The third kappa shape index (κ3) is 2.42. The van der Waals surface area contributed by atoms with Gasteiger partial charge in [-0.25, -0.2) is 4.98 Å². The second kappa shape index (κ2) is 5.39. The molecule has 2 heterocycles. The molecule has 0 bridgehead atoms. The molecule has 2 aliphatic rings. The Hall–Kier alpha value is -0.450. The number of hydrogen-bond donors (Lipinski definition) is 1. The maximum atomic E-state index is 6.03. The summed E-state index contributed by atoms with van der Waals surface area (Å²) in [6.45, 7) is 5.29. The fraction of sp³-hybridized carbons (Fsp3) is 0.812. The van der Waals surface area contributed by atoms with E-state index in [4.69, 9.17) is 9.72 Å². The first-order valence-corrected chi connectivity index (χ1v) is 8.74. The van der Waals surface area contributed by atoms with Crippen LogP contribution in [-0.4, -0.2) is 24.2 Å². The lowest BCUT2D eigenvalue weighted by atomic mass is 9.79. The van der Waals surface area contributed by atoms with Crippen LogP contribution in [0.15, 0.2) is 0 Å². The summed E-state index contributed by atoms with van der Waals surface area (Å²) in [5, 5.41) is 4.90. The van der Waals surface area contributed by atoms with Crippen molar-refractivity contribution in [1.82, 2.24) is 10.3 Å². The summed E-state index contributed by atoms with van der Waals surface area (Å²) in [6.07, 6.45) is 8.16. The average Bonchev–Trinajstić information content (AvgIpc) is 2.92. The van der Waals surface area contributed by atoms with E-state index in [1.807, 2.05) is 11.3 Å². The quantitative estimate of drug-likeness (QED) is 0.927. The van der Waals surface area contributed by atoms with Gasteiger partial charge in [0.15, 0.2) is 0 Å². The van der Waals surface area contributed by atoms with Gasteiger partial charge < -0.3 is 10.1 Å². The monoisotopic (exact) mass is 294 g/mol. The molecular weight excluding hydrogens is 268 g/mol. The van der Waals surface area contributed by atoms with Crippen molar-refractivity contribution < 1.29 is 4.74 Å². The van der Waals surface area contributed by atoms with Crippen LogP contribution in [0.3, 0.4) is 0 Å². The van der Waals surface area contributed by atoms with Crippen LogP contribution in [0, 0.1) is 0 Å². The van der Waals surface area contributed by atoms with Crippen LogP contribution in [-0.2, 0) is 23.1 Å². The zero-order valence-electron chi connectivity index (χ0n) is 12.9. The Morgan fingerprint density at radius 3 is 2.85 bits per heavy atom. The first-order valence-electron chi connectivity index (χ1n) is 7.93. The topological polar surface area (TPSA) is 34.2 Å². The number of hydrogen-bond acceptors (Lipinski definition) is 4. The van der Waals surface area contributed by atoms with Crippen LogP contribution in [0.25, 0.3) is 0 Å². The van der Waals surface area contributed by atoms with Crippen molar-refractivity contribution >= 4 is 11.3 Å². The van der Waals surface area contributed by atoms with E-state index in [0.29, 0.717) is 0 Å². The number of ether oxygens (including phenoxy) is 1. The molecule has 112 valence electrons. The number of rotatable bonds is 3. The second-order valence-electron chi connectivity index (χ2n) is 6.51. The van der Waals surface area contributed by atoms with Crippen molar-refractivity contribution in [2.45, 2.75) is 69.9 Å². The van der Waals surface area contributed by atoms with Crippen LogP contribution in [0.1, 0.15) is 61.5 Å². The van der Waals surface area contributed by atoms with Crippen molar-refractivity contribution in [3.05, 3.63) is 15.6 Å². The van der Waals surface area contributed by atoms with Crippen molar-refractivity contribution in [2.24, 2.45) is 0 Å². The predicted molar refractivity (Wildman–Crippen MR) is 83.4 cm³/mol. The van der Waals surface area contributed by atoms with Gasteiger partial charge in [0.1, 0.15) is 5.01 Å². The van der Waals surface area contributed by atoms with Gasteiger partial charge in [0.05, 0.1) is 16.8 Å². The summed E-state index contributed by atoms with van der Waals surface area (Å²) in [5.41, 5.74) is 1.37. The number of nitrogens with zero attached hydrogens (tertiary/aromatic N) is 1. The molecule has 1 aromatic heterocycles. The number of nitrogens with one attached hydrogen (secondary N) is 1. The molecule has 1 saturated heterocycles. The Kier molecular flexibility index (Phi) is 3.91. The van der Waals surface area contributed by atoms with E-state index in [1.165, 1.54) is 41.3 Å². The SMILES string of the molecule is CCC1(C)CC(NC)(c2nc3c(s2)CCCC3)CCO1. The molecular formula is C16H26N2OS. The Morgan fingerprint density at radius 2 is 2.15 bits per heavy atom. The number of aryl methyl sites for hydroxylation is 2. The zero-order chi connectivity index (χ0) is 14.2. The van der Waals surface area contributed by atoms with Crippen molar-refractivity contribution in [3.63, 3.8) is 0 Å². The molecule has 4 heteroatoms. The standard InChI is InChI=1S/C16H26N2OS/c1-4-15(2)11-16(17-3,9-10-19-15)14-18-12-7-5-6-8-13(12)20-14/h17H,4-11H2,1-3H3. The fourth-order valence-corrected chi connectivity index (χ4v) is 4.91. The molecule has 3 rings (SSSR count). The van der Waals surface area contributed by atoms with E-state index in [-0.39, 0.29) is 11.1 Å². The second-order valence-corrected chi connectivity index (χ2v) is 7.59. The highest BCUT2D eigenvalue weighted by Crippen LogP contribution is 2.43. The molecule has 1 N–H and O–H groups in total. The van der Waals surface area contributed by atoms with Gasteiger partial charge in [0.25, 0.3) is 0 Å². The third-order valence-corrected chi connectivity index (χ3v) is 6.50. The highest BCUT2D eigenvalue weighted by molar-refractivity contribution is 7.11. The molecule has 0 saturated carbocycles. The van der Waals surface area contributed by atoms with Crippen molar-refractivity contribution in [2.75, 3.05) is 13.7 Å². The molecule has 20 heavy (non-hydrogen) atoms. The van der Waals surface area contributed by atoms with Crippen LogP contribution in [0.4, 0.5) is 0 Å². The van der Waals surface area contributed by atoms with Gasteiger partial charge in [-0.05, 0) is 52.5 Å². The largest absolute Gasteiger partial charge is 0.375 e. The molecule has 1 aliphatic heterocycles. The average molecular weight is 294 g/mol. The van der Waals surface area contributed by atoms with Gasteiger partial charge in [0.2, 0.25) is 0 Å².